The van der Waals surface area contributed by atoms with E-state index in [1.165, 1.54) is 10.5 Å². The molecule has 3 rings (SSSR count). The summed E-state index contributed by atoms with van der Waals surface area (Å²) in [6.45, 7) is 9.88. The van der Waals surface area contributed by atoms with Gasteiger partial charge in [0.2, 0.25) is 5.88 Å². The summed E-state index contributed by atoms with van der Waals surface area (Å²) >= 11 is 3.49. The van der Waals surface area contributed by atoms with Crippen LogP contribution < -0.4 is 9.04 Å². The third-order valence-corrected chi connectivity index (χ3v) is 6.58. The Morgan fingerprint density at radius 2 is 1.79 bits per heavy atom. The molecule has 1 aromatic carbocycles. The Bertz CT molecular complexity index is 1000. The minimum absolute atomic E-state index is 0.0549. The van der Waals surface area contributed by atoms with E-state index in [4.69, 9.17) is 21.1 Å². The van der Waals surface area contributed by atoms with Gasteiger partial charge in [-0.15, -0.1) is 0 Å². The number of hydrogen-bond acceptors (Lipinski definition) is 6. The molecule has 1 amide bonds. The van der Waals surface area contributed by atoms with Gasteiger partial charge in [0.05, 0.1) is 23.5 Å². The van der Waals surface area contributed by atoms with E-state index >= 15 is 0 Å². The maximum atomic E-state index is 12.6. The summed E-state index contributed by atoms with van der Waals surface area (Å²) in [6.07, 6.45) is 1.76. The molecule has 2 aromatic rings. The van der Waals surface area contributed by atoms with Gasteiger partial charge in [-0.05, 0) is 71.2 Å². The summed E-state index contributed by atoms with van der Waals surface area (Å²) in [6, 6.07) is 10.5. The summed E-state index contributed by atoms with van der Waals surface area (Å²) in [5.74, 6) is 0.413. The summed E-state index contributed by atoms with van der Waals surface area (Å²) < 4.78 is 37.8. The Hall–Kier alpha value is -2.36. The Balaban J connectivity index is 1.97. The van der Waals surface area contributed by atoms with Crippen LogP contribution in [0.3, 0.4) is 0 Å². The lowest BCUT2D eigenvalue weighted by molar-refractivity contribution is 0.0168. The zero-order valence-electron chi connectivity index (χ0n) is 20.1. The van der Waals surface area contributed by atoms with Crippen molar-refractivity contribution in [1.82, 2.24) is 9.88 Å². The van der Waals surface area contributed by atoms with Gasteiger partial charge in [-0.25, -0.2) is 9.78 Å². The van der Waals surface area contributed by atoms with Crippen LogP contribution in [0.15, 0.2) is 42.6 Å². The molecule has 1 aromatic heterocycles. The molecular formula is C24H31ClN3O5S-. The van der Waals surface area contributed by atoms with Gasteiger partial charge < -0.3 is 18.9 Å². The number of ether oxygens (including phenoxy) is 2. The average Bonchev–Trinajstić information content (AvgIpc) is 2.74. The lowest BCUT2D eigenvalue weighted by Gasteiger charge is -2.50. The van der Waals surface area contributed by atoms with Crippen molar-refractivity contribution in [3.8, 4) is 5.88 Å². The number of hydrogen-bond donors (Lipinski definition) is 0. The van der Waals surface area contributed by atoms with Gasteiger partial charge in [0.15, 0.2) is 0 Å². The van der Waals surface area contributed by atoms with Crippen LogP contribution >= 0.6 is 11.6 Å². The molecular weight excluding hydrogens is 478 g/mol. The fourth-order valence-corrected chi connectivity index (χ4v) is 5.01. The number of pyridine rings is 1. The molecule has 1 saturated heterocycles. The van der Waals surface area contributed by atoms with Crippen molar-refractivity contribution in [2.75, 3.05) is 17.4 Å². The van der Waals surface area contributed by atoms with Crippen LogP contribution in [0.5, 0.6) is 5.88 Å². The molecule has 0 saturated carbocycles. The third kappa shape index (κ3) is 6.20. The van der Waals surface area contributed by atoms with Crippen molar-refractivity contribution in [3.05, 3.63) is 53.2 Å². The van der Waals surface area contributed by atoms with E-state index in [0.29, 0.717) is 42.5 Å². The predicted molar refractivity (Wildman–Crippen MR) is 132 cm³/mol. The maximum Gasteiger partial charge on any atom is 0.410 e. The van der Waals surface area contributed by atoms with E-state index in [2.05, 4.69) is 4.98 Å². The second-order valence-electron chi connectivity index (χ2n) is 9.54. The van der Waals surface area contributed by atoms with Gasteiger partial charge >= 0.3 is 6.09 Å². The minimum Gasteiger partial charge on any atom is -0.755 e. The number of anilines is 1. The van der Waals surface area contributed by atoms with Crippen LogP contribution in [0, 0.1) is 0 Å². The topological polar surface area (TPSA) is 95.0 Å². The molecule has 8 nitrogen and oxygen atoms in total. The number of rotatable bonds is 6. The summed E-state index contributed by atoms with van der Waals surface area (Å²) in [5.41, 5.74) is -0.356. The Morgan fingerprint density at radius 3 is 2.26 bits per heavy atom. The number of carbonyl (C=O) groups excluding carboxylic acids is 1. The zero-order chi connectivity index (χ0) is 25.1. The number of halogens is 1. The molecule has 2 heterocycles. The fraction of sp³-hybridized carbons (Fsp3) is 0.500. The molecule has 1 fully saturated rings. The van der Waals surface area contributed by atoms with Crippen molar-refractivity contribution in [3.63, 3.8) is 0 Å². The number of carbonyl (C=O) groups is 1. The number of amides is 1. The highest BCUT2D eigenvalue weighted by atomic mass is 35.5. The molecule has 0 N–H and O–H groups in total. The highest BCUT2D eigenvalue weighted by molar-refractivity contribution is 7.80. The third-order valence-electron chi connectivity index (χ3n) is 5.47. The Morgan fingerprint density at radius 1 is 1.18 bits per heavy atom. The van der Waals surface area contributed by atoms with Gasteiger partial charge in [-0.1, -0.05) is 23.7 Å². The predicted octanol–water partition coefficient (Wildman–Crippen LogP) is 5.05. The molecule has 1 aliphatic rings. The molecule has 0 bridgehead atoms. The van der Waals surface area contributed by atoms with Crippen molar-refractivity contribution in [2.45, 2.75) is 64.7 Å². The largest absolute Gasteiger partial charge is 0.755 e. The quantitative estimate of drug-likeness (QED) is 0.507. The van der Waals surface area contributed by atoms with E-state index < -0.39 is 28.5 Å². The van der Waals surface area contributed by atoms with Crippen molar-refractivity contribution in [2.24, 2.45) is 0 Å². The lowest BCUT2D eigenvalue weighted by Crippen LogP contribution is -2.55. The molecule has 0 radical (unpaired) electrons. The molecule has 1 atom stereocenters. The van der Waals surface area contributed by atoms with E-state index in [9.17, 15) is 13.6 Å². The number of aromatic nitrogens is 1. The van der Waals surface area contributed by atoms with Crippen LogP contribution in [-0.4, -0.2) is 49.5 Å². The normalized spacial score (nSPS) is 16.8. The molecule has 1 aliphatic heterocycles. The second-order valence-corrected chi connectivity index (χ2v) is 10.8. The van der Waals surface area contributed by atoms with E-state index in [0.717, 1.165) is 5.56 Å². The summed E-state index contributed by atoms with van der Waals surface area (Å²) in [4.78, 5) is 18.5. The maximum absolute atomic E-state index is 12.6. The molecule has 10 heteroatoms. The highest BCUT2D eigenvalue weighted by Gasteiger charge is 2.44. The number of piperidine rings is 1. The molecule has 0 aliphatic carbocycles. The summed E-state index contributed by atoms with van der Waals surface area (Å²) in [7, 11) is 0. The monoisotopic (exact) mass is 508 g/mol. The highest BCUT2D eigenvalue weighted by Crippen LogP contribution is 2.43. The van der Waals surface area contributed by atoms with Gasteiger partial charge in [-0.2, -0.15) is 0 Å². The second kappa shape index (κ2) is 10.5. The van der Waals surface area contributed by atoms with Crippen molar-refractivity contribution in [1.29, 1.82) is 0 Å². The molecule has 1 unspecified atom stereocenters. The summed E-state index contributed by atoms with van der Waals surface area (Å²) in [5, 5.41) is 0.553. The zero-order valence-corrected chi connectivity index (χ0v) is 21.7. The van der Waals surface area contributed by atoms with E-state index in [-0.39, 0.29) is 6.10 Å². The fourth-order valence-electron chi connectivity index (χ4n) is 4.03. The first-order valence-electron chi connectivity index (χ1n) is 11.2. The first-order chi connectivity index (χ1) is 15.9. The molecule has 0 spiro atoms. The van der Waals surface area contributed by atoms with Gasteiger partial charge in [0.25, 0.3) is 0 Å². The van der Waals surface area contributed by atoms with E-state index in [1.807, 2.05) is 46.8 Å². The van der Waals surface area contributed by atoms with Crippen LogP contribution in [-0.2, 0) is 21.5 Å². The van der Waals surface area contributed by atoms with Gasteiger partial charge in [0.1, 0.15) is 5.60 Å². The average molecular weight is 509 g/mol. The van der Waals surface area contributed by atoms with Crippen LogP contribution in [0.4, 0.5) is 10.5 Å². The van der Waals surface area contributed by atoms with Gasteiger partial charge in [0, 0.05) is 35.4 Å². The van der Waals surface area contributed by atoms with Crippen LogP contribution in [0.1, 0.15) is 53.0 Å². The van der Waals surface area contributed by atoms with Gasteiger partial charge in [-0.3, -0.25) is 8.51 Å². The first kappa shape index (κ1) is 26.2. The minimum atomic E-state index is -2.62. The first-order valence-corrected chi connectivity index (χ1v) is 12.6. The standard InChI is InChI=1S/C24H32ClN3O5S/c1-17(2)32-21-11-10-20(16-26-21)28(34(30)31)24(18-6-8-19(25)9-7-18)12-14-27(15-13-24)22(29)33-23(3,4)5/h6-11,16-17H,12-15H2,1-5H3,(H,30,31)/p-1. The Kier molecular flexibility index (Phi) is 8.10. The number of likely N-dealkylation sites (tertiary alicyclic amines) is 1. The molecule has 34 heavy (non-hydrogen) atoms. The lowest BCUT2D eigenvalue weighted by atomic mass is 9.80. The smallest absolute Gasteiger partial charge is 0.410 e. The Labute approximate surface area is 208 Å². The number of benzene rings is 1. The van der Waals surface area contributed by atoms with Crippen molar-refractivity contribution >= 4 is 34.6 Å². The van der Waals surface area contributed by atoms with Crippen molar-refractivity contribution < 1.29 is 23.0 Å². The SMILES string of the molecule is CC(C)Oc1ccc(N(S(=O)[O-])C2(c3ccc(Cl)cc3)CCN(C(=O)OC(C)(C)C)CC2)cn1. The molecule has 186 valence electrons. The van der Waals surface area contributed by atoms with E-state index in [1.54, 1.807) is 29.2 Å². The van der Waals surface area contributed by atoms with Crippen LogP contribution in [0.25, 0.3) is 0 Å². The number of nitrogens with zero attached hydrogens (tertiary/aromatic N) is 3. The van der Waals surface area contributed by atoms with Crippen LogP contribution in [0.2, 0.25) is 5.02 Å².